The van der Waals surface area contributed by atoms with Crippen LogP contribution in [0.5, 0.6) is 0 Å². The SMILES string of the molecule is CCc1cnc(N2CCC(N3CCC(Nc4ccc(S(C)(=O)=O)cc4F)C3=O)CC2)cn1. The van der Waals surface area contributed by atoms with Crippen molar-refractivity contribution in [2.75, 3.05) is 36.1 Å². The summed E-state index contributed by atoms with van der Waals surface area (Å²) in [6, 6.07) is 3.35. The smallest absolute Gasteiger partial charge is 0.245 e. The Morgan fingerprint density at radius 1 is 1.12 bits per heavy atom. The molecular weight excluding hydrogens is 433 g/mol. The highest BCUT2D eigenvalue weighted by Crippen LogP contribution is 2.27. The number of hydrogen-bond donors (Lipinski definition) is 1. The first-order valence-electron chi connectivity index (χ1n) is 10.9. The maximum absolute atomic E-state index is 14.4. The summed E-state index contributed by atoms with van der Waals surface area (Å²) in [5.41, 5.74) is 1.11. The number of aryl methyl sites for hydroxylation is 1. The summed E-state index contributed by atoms with van der Waals surface area (Å²) in [5, 5.41) is 2.96. The Hall–Kier alpha value is -2.75. The molecular formula is C22H28FN5O3S. The minimum Gasteiger partial charge on any atom is -0.371 e. The molecule has 2 aromatic rings. The number of likely N-dealkylation sites (tertiary alicyclic amines) is 1. The second-order valence-corrected chi connectivity index (χ2v) is 10.4. The molecule has 2 fully saturated rings. The average Bonchev–Trinajstić information content (AvgIpc) is 3.14. The second kappa shape index (κ2) is 9.01. The van der Waals surface area contributed by atoms with Gasteiger partial charge >= 0.3 is 0 Å². The maximum Gasteiger partial charge on any atom is 0.245 e. The number of piperidine rings is 1. The van der Waals surface area contributed by atoms with E-state index in [1.165, 1.54) is 12.1 Å². The summed E-state index contributed by atoms with van der Waals surface area (Å²) >= 11 is 0. The molecule has 0 aliphatic carbocycles. The molecule has 3 heterocycles. The number of halogens is 1. The van der Waals surface area contributed by atoms with E-state index in [0.29, 0.717) is 13.0 Å². The van der Waals surface area contributed by atoms with E-state index in [1.54, 1.807) is 0 Å². The first-order valence-corrected chi connectivity index (χ1v) is 12.8. The van der Waals surface area contributed by atoms with Crippen LogP contribution in [0.25, 0.3) is 0 Å². The molecule has 32 heavy (non-hydrogen) atoms. The van der Waals surface area contributed by atoms with Crippen LogP contribution in [0.2, 0.25) is 0 Å². The summed E-state index contributed by atoms with van der Waals surface area (Å²) in [7, 11) is -3.49. The summed E-state index contributed by atoms with van der Waals surface area (Å²) in [5.74, 6) is 0.144. The molecule has 172 valence electrons. The molecule has 0 saturated carbocycles. The Balaban J connectivity index is 1.35. The van der Waals surface area contributed by atoms with E-state index >= 15 is 0 Å². The number of nitrogens with zero attached hydrogens (tertiary/aromatic N) is 4. The van der Waals surface area contributed by atoms with Gasteiger partial charge in [-0.15, -0.1) is 0 Å². The molecule has 4 rings (SSSR count). The predicted octanol–water partition coefficient (Wildman–Crippen LogP) is 2.26. The molecule has 10 heteroatoms. The normalized spacial score (nSPS) is 20.1. The number of aromatic nitrogens is 2. The molecule has 1 aromatic heterocycles. The Morgan fingerprint density at radius 2 is 1.88 bits per heavy atom. The van der Waals surface area contributed by atoms with Crippen LogP contribution < -0.4 is 10.2 Å². The number of nitrogens with one attached hydrogen (secondary N) is 1. The summed E-state index contributed by atoms with van der Waals surface area (Å²) < 4.78 is 37.6. The largest absolute Gasteiger partial charge is 0.371 e. The van der Waals surface area contributed by atoms with E-state index in [4.69, 9.17) is 0 Å². The van der Waals surface area contributed by atoms with Crippen LogP contribution in [0, 0.1) is 5.82 Å². The van der Waals surface area contributed by atoms with Gasteiger partial charge in [0.1, 0.15) is 17.7 Å². The van der Waals surface area contributed by atoms with Crippen molar-refractivity contribution < 1.29 is 17.6 Å². The molecule has 2 aliphatic rings. The zero-order valence-electron chi connectivity index (χ0n) is 18.3. The van der Waals surface area contributed by atoms with E-state index in [2.05, 4.69) is 20.2 Å². The van der Waals surface area contributed by atoms with Gasteiger partial charge in [0.25, 0.3) is 0 Å². The molecule has 0 spiro atoms. The van der Waals surface area contributed by atoms with Crippen molar-refractivity contribution in [2.45, 2.75) is 49.6 Å². The lowest BCUT2D eigenvalue weighted by atomic mass is 10.0. The predicted molar refractivity (Wildman–Crippen MR) is 120 cm³/mol. The molecule has 8 nitrogen and oxygen atoms in total. The minimum absolute atomic E-state index is 0.0397. The van der Waals surface area contributed by atoms with Crippen molar-refractivity contribution in [2.24, 2.45) is 0 Å². The van der Waals surface area contributed by atoms with Gasteiger partial charge < -0.3 is 15.1 Å². The number of anilines is 2. The number of amides is 1. The van der Waals surface area contributed by atoms with E-state index in [1.807, 2.05) is 24.2 Å². The van der Waals surface area contributed by atoms with Crippen LogP contribution in [0.3, 0.4) is 0 Å². The van der Waals surface area contributed by atoms with Crippen LogP contribution in [-0.4, -0.2) is 67.2 Å². The van der Waals surface area contributed by atoms with E-state index in [0.717, 1.165) is 56.2 Å². The van der Waals surface area contributed by atoms with Crippen LogP contribution >= 0.6 is 0 Å². The number of sulfone groups is 1. The minimum atomic E-state index is -3.49. The molecule has 1 unspecified atom stereocenters. The molecule has 0 radical (unpaired) electrons. The van der Waals surface area contributed by atoms with Crippen molar-refractivity contribution in [3.63, 3.8) is 0 Å². The third-order valence-electron chi connectivity index (χ3n) is 6.22. The van der Waals surface area contributed by atoms with E-state index in [-0.39, 0.29) is 22.5 Å². The van der Waals surface area contributed by atoms with Gasteiger partial charge in [0.2, 0.25) is 5.91 Å². The first kappa shape index (κ1) is 22.4. The van der Waals surface area contributed by atoms with Gasteiger partial charge in [-0.3, -0.25) is 9.78 Å². The fraction of sp³-hybridized carbons (Fsp3) is 0.500. The lowest BCUT2D eigenvalue weighted by Gasteiger charge is -2.37. The van der Waals surface area contributed by atoms with Gasteiger partial charge in [-0.05, 0) is 43.9 Å². The van der Waals surface area contributed by atoms with Crippen molar-refractivity contribution in [3.05, 3.63) is 42.1 Å². The monoisotopic (exact) mass is 461 g/mol. The van der Waals surface area contributed by atoms with Crippen LogP contribution in [-0.2, 0) is 21.1 Å². The van der Waals surface area contributed by atoms with E-state index in [9.17, 15) is 17.6 Å². The zero-order chi connectivity index (χ0) is 22.9. The van der Waals surface area contributed by atoms with Crippen LogP contribution in [0.1, 0.15) is 31.9 Å². The Bertz CT molecular complexity index is 1090. The third kappa shape index (κ3) is 4.69. The average molecular weight is 462 g/mol. The van der Waals surface area contributed by atoms with Gasteiger partial charge in [-0.25, -0.2) is 17.8 Å². The van der Waals surface area contributed by atoms with Gasteiger partial charge in [0, 0.05) is 31.9 Å². The van der Waals surface area contributed by atoms with Crippen molar-refractivity contribution in [3.8, 4) is 0 Å². The molecule has 2 aliphatic heterocycles. The maximum atomic E-state index is 14.4. The molecule has 2 saturated heterocycles. The fourth-order valence-corrected chi connectivity index (χ4v) is 4.96. The highest BCUT2D eigenvalue weighted by molar-refractivity contribution is 7.90. The van der Waals surface area contributed by atoms with Gasteiger partial charge in [0.15, 0.2) is 9.84 Å². The Kier molecular flexibility index (Phi) is 6.32. The second-order valence-electron chi connectivity index (χ2n) is 8.37. The first-order chi connectivity index (χ1) is 15.3. The highest BCUT2D eigenvalue weighted by Gasteiger charge is 2.37. The molecule has 1 N–H and O–H groups in total. The fourth-order valence-electron chi connectivity index (χ4n) is 4.33. The number of hydrogen-bond acceptors (Lipinski definition) is 7. The molecule has 1 amide bonds. The lowest BCUT2D eigenvalue weighted by Crippen LogP contribution is -2.47. The Morgan fingerprint density at radius 3 is 2.47 bits per heavy atom. The molecule has 1 aromatic carbocycles. The van der Waals surface area contributed by atoms with Crippen molar-refractivity contribution in [1.82, 2.24) is 14.9 Å². The van der Waals surface area contributed by atoms with Crippen LogP contribution in [0.15, 0.2) is 35.5 Å². The number of rotatable bonds is 6. The highest BCUT2D eigenvalue weighted by atomic mass is 32.2. The summed E-state index contributed by atoms with van der Waals surface area (Å²) in [6.07, 6.45) is 7.77. The molecule has 0 bridgehead atoms. The molecule has 1 atom stereocenters. The van der Waals surface area contributed by atoms with Crippen molar-refractivity contribution >= 4 is 27.2 Å². The van der Waals surface area contributed by atoms with E-state index < -0.39 is 21.7 Å². The topological polar surface area (TPSA) is 95.5 Å². The number of carbonyl (C=O) groups is 1. The van der Waals surface area contributed by atoms with Gasteiger partial charge in [0.05, 0.1) is 28.7 Å². The third-order valence-corrected chi connectivity index (χ3v) is 7.33. The number of benzene rings is 1. The standard InChI is InChI=1S/C22H28FN5O3S/c1-3-15-13-25-21(14-24-15)27-9-6-16(7-10-27)28-11-8-20(22(28)29)26-19-5-4-17(12-18(19)23)32(2,30)31/h4-5,12-14,16,20,26H,3,6-11H2,1-2H3. The van der Waals surface area contributed by atoms with Crippen molar-refractivity contribution in [1.29, 1.82) is 0 Å². The van der Waals surface area contributed by atoms with Gasteiger partial charge in [-0.2, -0.15) is 0 Å². The number of carbonyl (C=O) groups excluding carboxylic acids is 1. The Labute approximate surface area is 187 Å². The lowest BCUT2D eigenvalue weighted by molar-refractivity contribution is -0.130. The van der Waals surface area contributed by atoms with Crippen LogP contribution in [0.4, 0.5) is 15.9 Å². The van der Waals surface area contributed by atoms with Gasteiger partial charge in [-0.1, -0.05) is 6.92 Å². The quantitative estimate of drug-likeness (QED) is 0.705. The zero-order valence-corrected chi connectivity index (χ0v) is 19.1. The summed E-state index contributed by atoms with van der Waals surface area (Å²) in [6.45, 7) is 4.27. The summed E-state index contributed by atoms with van der Waals surface area (Å²) in [4.78, 5) is 25.9.